The van der Waals surface area contributed by atoms with E-state index in [-0.39, 0.29) is 0 Å². The molecule has 0 unspecified atom stereocenters. The Kier molecular flexibility index (Phi) is 4.55. The molecule has 1 rings (SSSR count). The maximum absolute atomic E-state index is 5.38. The molecule has 66 valence electrons. The van der Waals surface area contributed by atoms with Gasteiger partial charge in [-0.1, -0.05) is 6.42 Å². The minimum atomic E-state index is 0.838. The molecule has 0 heterocycles. The van der Waals surface area contributed by atoms with Crippen LogP contribution in [0.3, 0.4) is 0 Å². The highest BCUT2D eigenvalue weighted by atomic mass is 14.9. The van der Waals surface area contributed by atoms with Gasteiger partial charge in [-0.3, -0.25) is 0 Å². The number of unbranched alkanes of at least 4 members (excludes halogenated alkanes) is 1. The van der Waals surface area contributed by atoms with Gasteiger partial charge in [0, 0.05) is 0 Å². The van der Waals surface area contributed by atoms with Gasteiger partial charge in [0.05, 0.1) is 0 Å². The van der Waals surface area contributed by atoms with E-state index in [1.54, 1.807) is 0 Å². The van der Waals surface area contributed by atoms with Crippen molar-refractivity contribution in [3.63, 3.8) is 0 Å². The predicted molar refractivity (Wildman–Crippen MR) is 48.5 cm³/mol. The van der Waals surface area contributed by atoms with Crippen molar-refractivity contribution in [2.24, 2.45) is 11.7 Å². The summed E-state index contributed by atoms with van der Waals surface area (Å²) < 4.78 is 0. The fraction of sp³-hybridized carbons (Fsp3) is 1.00. The van der Waals surface area contributed by atoms with E-state index >= 15 is 0 Å². The first-order valence-corrected chi connectivity index (χ1v) is 4.84. The van der Waals surface area contributed by atoms with Gasteiger partial charge in [0.2, 0.25) is 0 Å². The van der Waals surface area contributed by atoms with Crippen molar-refractivity contribution in [2.45, 2.75) is 32.1 Å². The van der Waals surface area contributed by atoms with E-state index in [0.717, 1.165) is 25.4 Å². The van der Waals surface area contributed by atoms with Gasteiger partial charge in [0.25, 0.3) is 0 Å². The summed E-state index contributed by atoms with van der Waals surface area (Å²) in [7, 11) is 0. The van der Waals surface area contributed by atoms with Crippen molar-refractivity contribution < 1.29 is 0 Å². The molecule has 0 saturated heterocycles. The summed E-state index contributed by atoms with van der Waals surface area (Å²) in [6.07, 6.45) is 6.75. The maximum atomic E-state index is 5.38. The summed E-state index contributed by atoms with van der Waals surface area (Å²) in [5, 5.41) is 3.47. The maximum Gasteiger partial charge on any atom is -0.00205 e. The molecule has 3 N–H and O–H groups in total. The third-order valence-electron chi connectivity index (χ3n) is 2.47. The van der Waals surface area contributed by atoms with Gasteiger partial charge >= 0.3 is 0 Å². The Morgan fingerprint density at radius 1 is 1.27 bits per heavy atom. The van der Waals surface area contributed by atoms with Crippen molar-refractivity contribution >= 4 is 0 Å². The van der Waals surface area contributed by atoms with Crippen molar-refractivity contribution in [2.75, 3.05) is 19.6 Å². The molecule has 2 heteroatoms. The van der Waals surface area contributed by atoms with Crippen LogP contribution in [0.15, 0.2) is 0 Å². The number of rotatable bonds is 6. The van der Waals surface area contributed by atoms with Crippen molar-refractivity contribution in [3.8, 4) is 0 Å². The Morgan fingerprint density at radius 3 is 2.64 bits per heavy atom. The van der Waals surface area contributed by atoms with Crippen molar-refractivity contribution in [3.05, 3.63) is 0 Å². The Labute approximate surface area is 69.5 Å². The number of hydrogen-bond donors (Lipinski definition) is 2. The molecule has 0 bridgehead atoms. The molecule has 1 saturated carbocycles. The Morgan fingerprint density at radius 2 is 2.09 bits per heavy atom. The second-order valence-corrected chi connectivity index (χ2v) is 3.50. The van der Waals surface area contributed by atoms with Crippen LogP contribution in [-0.4, -0.2) is 19.6 Å². The summed E-state index contributed by atoms with van der Waals surface area (Å²) >= 11 is 0. The van der Waals surface area contributed by atoms with E-state index < -0.39 is 0 Å². The van der Waals surface area contributed by atoms with E-state index in [1.165, 1.54) is 32.2 Å². The van der Waals surface area contributed by atoms with Crippen LogP contribution in [0.2, 0.25) is 0 Å². The second-order valence-electron chi connectivity index (χ2n) is 3.50. The van der Waals surface area contributed by atoms with Crippen LogP contribution in [0.1, 0.15) is 32.1 Å². The number of nitrogens with two attached hydrogens (primary N) is 1. The minimum Gasteiger partial charge on any atom is -0.330 e. The second kappa shape index (κ2) is 5.56. The fourth-order valence-electron chi connectivity index (χ4n) is 1.40. The lowest BCUT2D eigenvalue weighted by Gasteiger charge is -2.25. The van der Waals surface area contributed by atoms with Gasteiger partial charge in [0.1, 0.15) is 0 Å². The molecule has 0 atom stereocenters. The summed E-state index contributed by atoms with van der Waals surface area (Å²) in [5.41, 5.74) is 5.38. The highest BCUT2D eigenvalue weighted by molar-refractivity contribution is 4.71. The van der Waals surface area contributed by atoms with Crippen LogP contribution < -0.4 is 11.1 Å². The van der Waals surface area contributed by atoms with Gasteiger partial charge in [-0.2, -0.15) is 0 Å². The monoisotopic (exact) mass is 156 g/mol. The Hall–Kier alpha value is -0.0800. The third-order valence-corrected chi connectivity index (χ3v) is 2.47. The molecular weight excluding hydrogens is 136 g/mol. The highest BCUT2D eigenvalue weighted by Gasteiger charge is 2.15. The van der Waals surface area contributed by atoms with Crippen LogP contribution in [-0.2, 0) is 0 Å². The predicted octanol–water partition coefficient (Wildman–Crippen LogP) is 1.11. The average Bonchev–Trinajstić information content (AvgIpc) is 1.93. The standard InChI is InChI=1S/C9H20N2/c10-6-1-2-7-11-8-9-4-3-5-9/h9,11H,1-8,10H2. The third kappa shape index (κ3) is 3.73. The lowest BCUT2D eigenvalue weighted by Crippen LogP contribution is -2.28. The lowest BCUT2D eigenvalue weighted by atomic mass is 9.85. The molecule has 2 nitrogen and oxygen atoms in total. The molecule has 0 radical (unpaired) electrons. The van der Waals surface area contributed by atoms with Gasteiger partial charge in [-0.05, 0) is 51.2 Å². The molecule has 1 fully saturated rings. The van der Waals surface area contributed by atoms with Crippen LogP contribution >= 0.6 is 0 Å². The van der Waals surface area contributed by atoms with Gasteiger partial charge in [-0.15, -0.1) is 0 Å². The molecule has 0 spiro atoms. The Balaban J connectivity index is 1.73. The van der Waals surface area contributed by atoms with Crippen LogP contribution in [0, 0.1) is 5.92 Å². The van der Waals surface area contributed by atoms with Gasteiger partial charge < -0.3 is 11.1 Å². The molecule has 0 aromatic carbocycles. The van der Waals surface area contributed by atoms with Crippen LogP contribution in [0.5, 0.6) is 0 Å². The van der Waals surface area contributed by atoms with E-state index in [9.17, 15) is 0 Å². The number of nitrogens with one attached hydrogen (secondary N) is 1. The van der Waals surface area contributed by atoms with E-state index in [1.807, 2.05) is 0 Å². The molecule has 1 aliphatic carbocycles. The highest BCUT2D eigenvalue weighted by Crippen LogP contribution is 2.24. The van der Waals surface area contributed by atoms with E-state index in [0.29, 0.717) is 0 Å². The lowest BCUT2D eigenvalue weighted by molar-refractivity contribution is 0.301. The fourth-order valence-corrected chi connectivity index (χ4v) is 1.40. The van der Waals surface area contributed by atoms with Crippen molar-refractivity contribution in [1.29, 1.82) is 0 Å². The first-order valence-electron chi connectivity index (χ1n) is 4.84. The van der Waals surface area contributed by atoms with Gasteiger partial charge in [0.15, 0.2) is 0 Å². The summed E-state index contributed by atoms with van der Waals surface area (Å²) in [6, 6.07) is 0. The summed E-state index contributed by atoms with van der Waals surface area (Å²) in [6.45, 7) is 3.24. The molecule has 11 heavy (non-hydrogen) atoms. The SMILES string of the molecule is NCCCCNCC1CCC1. The quantitative estimate of drug-likeness (QED) is 0.565. The van der Waals surface area contributed by atoms with Crippen LogP contribution in [0.4, 0.5) is 0 Å². The van der Waals surface area contributed by atoms with E-state index in [2.05, 4.69) is 5.32 Å². The van der Waals surface area contributed by atoms with E-state index in [4.69, 9.17) is 5.73 Å². The normalized spacial score (nSPS) is 18.3. The van der Waals surface area contributed by atoms with Crippen LogP contribution in [0.25, 0.3) is 0 Å². The Bertz CT molecular complexity index is 89.6. The molecule has 0 aliphatic heterocycles. The molecular formula is C9H20N2. The molecule has 0 aromatic heterocycles. The largest absolute Gasteiger partial charge is 0.330 e. The molecule has 0 amide bonds. The number of hydrogen-bond acceptors (Lipinski definition) is 2. The molecule has 1 aliphatic rings. The minimum absolute atomic E-state index is 0.838. The smallest absolute Gasteiger partial charge is 0.00205 e. The zero-order valence-electron chi connectivity index (χ0n) is 7.31. The molecule has 0 aromatic rings. The zero-order valence-corrected chi connectivity index (χ0v) is 7.31. The first kappa shape index (κ1) is 9.01. The average molecular weight is 156 g/mol. The zero-order chi connectivity index (χ0) is 7.94. The topological polar surface area (TPSA) is 38.0 Å². The summed E-state index contributed by atoms with van der Waals surface area (Å²) in [4.78, 5) is 0. The first-order chi connectivity index (χ1) is 5.43. The van der Waals surface area contributed by atoms with Crippen molar-refractivity contribution in [1.82, 2.24) is 5.32 Å². The summed E-state index contributed by atoms with van der Waals surface area (Å²) in [5.74, 6) is 0.993. The van der Waals surface area contributed by atoms with Gasteiger partial charge in [-0.25, -0.2) is 0 Å².